The van der Waals surface area contributed by atoms with Crippen LogP contribution in [0.1, 0.15) is 24.0 Å². The smallest absolute Gasteiger partial charge is 0.223 e. The number of furan rings is 2. The van der Waals surface area contributed by atoms with Crippen LogP contribution < -0.4 is 9.80 Å². The summed E-state index contributed by atoms with van der Waals surface area (Å²) in [6.45, 7) is 6.59. The molecule has 0 aliphatic carbocycles. The second kappa shape index (κ2) is 14.1. The van der Waals surface area contributed by atoms with Crippen molar-refractivity contribution < 1.29 is 18.4 Å². The molecule has 2 saturated heterocycles. The number of carbonyl (C=O) groups excluding carboxylic acids is 2. The molecule has 2 fully saturated rings. The van der Waals surface area contributed by atoms with Crippen LogP contribution in [0.15, 0.2) is 69.2 Å². The minimum Gasteiger partial charge on any atom is -0.472 e. The Morgan fingerprint density at radius 3 is 1.43 bits per heavy atom. The summed E-state index contributed by atoms with van der Waals surface area (Å²) in [7, 11) is 0. The van der Waals surface area contributed by atoms with Crippen molar-refractivity contribution in [2.24, 2.45) is 0 Å². The molecular formula is C28H34N6O4S2. The van der Waals surface area contributed by atoms with Gasteiger partial charge in [0, 0.05) is 88.4 Å². The van der Waals surface area contributed by atoms with E-state index in [2.05, 4.69) is 19.8 Å². The van der Waals surface area contributed by atoms with Crippen LogP contribution in [0.3, 0.4) is 0 Å². The fourth-order valence-electron chi connectivity index (χ4n) is 4.73. The largest absolute Gasteiger partial charge is 0.472 e. The van der Waals surface area contributed by atoms with Gasteiger partial charge in [0.25, 0.3) is 0 Å². The van der Waals surface area contributed by atoms with Crippen molar-refractivity contribution in [1.29, 1.82) is 0 Å². The number of anilines is 2. The zero-order valence-corrected chi connectivity index (χ0v) is 24.0. The van der Waals surface area contributed by atoms with Crippen molar-refractivity contribution in [3.63, 3.8) is 0 Å². The summed E-state index contributed by atoms with van der Waals surface area (Å²) >= 11 is 3.30. The lowest BCUT2D eigenvalue weighted by Crippen LogP contribution is -2.48. The monoisotopic (exact) mass is 582 g/mol. The van der Waals surface area contributed by atoms with E-state index in [1.807, 2.05) is 45.1 Å². The highest BCUT2D eigenvalue weighted by atomic mass is 32.1. The minimum atomic E-state index is 0.227. The lowest BCUT2D eigenvalue weighted by molar-refractivity contribution is -0.132. The van der Waals surface area contributed by atoms with Gasteiger partial charge in [-0.15, -0.1) is 22.7 Å². The van der Waals surface area contributed by atoms with Crippen LogP contribution in [0.5, 0.6) is 0 Å². The van der Waals surface area contributed by atoms with Gasteiger partial charge >= 0.3 is 0 Å². The zero-order valence-electron chi connectivity index (χ0n) is 22.4. The predicted octanol–water partition coefficient (Wildman–Crippen LogP) is 4.04. The number of hydrogen-bond acceptors (Lipinski definition) is 10. The first kappa shape index (κ1) is 27.9. The Hall–Kier alpha value is -3.64. The topological polar surface area (TPSA) is 99.2 Å². The van der Waals surface area contributed by atoms with Gasteiger partial charge in [0.15, 0.2) is 10.3 Å². The maximum atomic E-state index is 12.2. The number of rotatable bonds is 8. The van der Waals surface area contributed by atoms with Crippen LogP contribution in [0.25, 0.3) is 0 Å². The summed E-state index contributed by atoms with van der Waals surface area (Å²) in [6.07, 6.45) is 12.9. The van der Waals surface area contributed by atoms with Crippen molar-refractivity contribution in [2.75, 3.05) is 62.2 Å². The second-order valence-corrected chi connectivity index (χ2v) is 11.4. The second-order valence-electron chi connectivity index (χ2n) is 9.63. The molecule has 2 aliphatic heterocycles. The Labute approximate surface area is 241 Å². The van der Waals surface area contributed by atoms with Crippen molar-refractivity contribution in [1.82, 2.24) is 19.8 Å². The summed E-state index contributed by atoms with van der Waals surface area (Å²) in [5.74, 6) is 0.454. The Morgan fingerprint density at radius 1 is 0.675 bits per heavy atom. The highest BCUT2D eigenvalue weighted by Crippen LogP contribution is 2.20. The molecule has 2 aliphatic rings. The van der Waals surface area contributed by atoms with Crippen LogP contribution in [0.2, 0.25) is 0 Å². The third kappa shape index (κ3) is 7.72. The average molecular weight is 583 g/mol. The molecule has 0 N–H and O–H groups in total. The number of aryl methyl sites for hydroxylation is 2. The predicted molar refractivity (Wildman–Crippen MR) is 156 cm³/mol. The molecule has 0 radical (unpaired) electrons. The molecule has 10 nitrogen and oxygen atoms in total. The molecule has 6 heterocycles. The quantitative estimate of drug-likeness (QED) is 0.307. The maximum absolute atomic E-state index is 12.2. The standard InChI is InChI=1S/2C14H17N3O2S/c2*18-13(2-1-12-3-9-19-11-12)16-5-7-17(8-6-16)14-15-4-10-20-14/h2*3-4,9-11H,1-2,5-8H2. The average Bonchev–Trinajstić information content (AvgIpc) is 3.84. The molecule has 0 spiro atoms. The molecule has 2 amide bonds. The van der Waals surface area contributed by atoms with E-state index >= 15 is 0 Å². The lowest BCUT2D eigenvalue weighted by Gasteiger charge is -2.34. The summed E-state index contributed by atoms with van der Waals surface area (Å²) in [5.41, 5.74) is 2.17. The SMILES string of the molecule is O=C(CCc1ccoc1)N1CCN(c2nccs2)CC1.O=C(CCc1ccoc1)N1CCN(c2nccs2)CC1. The number of carbonyl (C=O) groups is 2. The van der Waals surface area contributed by atoms with E-state index in [9.17, 15) is 9.59 Å². The van der Waals surface area contributed by atoms with Crippen LogP contribution >= 0.6 is 22.7 Å². The molecule has 6 rings (SSSR count). The van der Waals surface area contributed by atoms with Crippen molar-refractivity contribution in [3.05, 3.63) is 71.5 Å². The van der Waals surface area contributed by atoms with Crippen LogP contribution in [-0.4, -0.2) is 83.9 Å². The molecule has 40 heavy (non-hydrogen) atoms. The zero-order chi connectivity index (χ0) is 27.6. The molecule has 0 saturated carbocycles. The fourth-order valence-corrected chi connectivity index (χ4v) is 6.12. The summed E-state index contributed by atoms with van der Waals surface area (Å²) in [6, 6.07) is 3.82. The third-order valence-corrected chi connectivity index (χ3v) is 8.72. The van der Waals surface area contributed by atoms with E-state index in [1.165, 1.54) is 0 Å². The van der Waals surface area contributed by atoms with Crippen molar-refractivity contribution in [3.8, 4) is 0 Å². The van der Waals surface area contributed by atoms with Crippen LogP contribution in [-0.2, 0) is 22.4 Å². The van der Waals surface area contributed by atoms with Crippen LogP contribution in [0.4, 0.5) is 10.3 Å². The minimum absolute atomic E-state index is 0.227. The van der Waals surface area contributed by atoms with E-state index in [4.69, 9.17) is 8.83 Å². The molecule has 4 aromatic rings. The van der Waals surface area contributed by atoms with Gasteiger partial charge in [0.05, 0.1) is 25.1 Å². The Kier molecular flexibility index (Phi) is 9.86. The molecule has 4 aromatic heterocycles. The highest BCUT2D eigenvalue weighted by Gasteiger charge is 2.23. The molecule has 0 atom stereocenters. The van der Waals surface area contributed by atoms with Gasteiger partial charge < -0.3 is 28.4 Å². The molecule has 12 heteroatoms. The molecule has 0 bridgehead atoms. The van der Waals surface area contributed by atoms with E-state index < -0.39 is 0 Å². The van der Waals surface area contributed by atoms with Gasteiger partial charge in [-0.25, -0.2) is 9.97 Å². The highest BCUT2D eigenvalue weighted by molar-refractivity contribution is 7.13. The van der Waals surface area contributed by atoms with E-state index in [-0.39, 0.29) is 11.8 Å². The van der Waals surface area contributed by atoms with Crippen molar-refractivity contribution in [2.45, 2.75) is 25.7 Å². The van der Waals surface area contributed by atoms with Gasteiger partial charge in [0.2, 0.25) is 11.8 Å². The lowest BCUT2D eigenvalue weighted by atomic mass is 10.1. The van der Waals surface area contributed by atoms with Crippen LogP contribution in [0, 0.1) is 0 Å². The maximum Gasteiger partial charge on any atom is 0.223 e. The first-order valence-corrected chi connectivity index (χ1v) is 15.3. The molecule has 0 unspecified atom stereocenters. The Bertz CT molecular complexity index is 1160. The third-order valence-electron chi connectivity index (χ3n) is 7.06. The van der Waals surface area contributed by atoms with Gasteiger partial charge in [0.1, 0.15) is 0 Å². The number of nitrogens with zero attached hydrogens (tertiary/aromatic N) is 6. The number of thiazole rings is 2. The van der Waals surface area contributed by atoms with Gasteiger partial charge in [-0.2, -0.15) is 0 Å². The van der Waals surface area contributed by atoms with E-state index in [0.29, 0.717) is 12.8 Å². The van der Waals surface area contributed by atoms with Gasteiger partial charge in [-0.05, 0) is 36.1 Å². The number of aromatic nitrogens is 2. The summed E-state index contributed by atoms with van der Waals surface area (Å²) < 4.78 is 10.0. The Morgan fingerprint density at radius 2 is 1.10 bits per heavy atom. The molecular weight excluding hydrogens is 548 g/mol. The van der Waals surface area contributed by atoms with Crippen molar-refractivity contribution >= 4 is 44.8 Å². The van der Waals surface area contributed by atoms with E-state index in [0.717, 1.165) is 86.6 Å². The summed E-state index contributed by atoms with van der Waals surface area (Å²) in [5, 5.41) is 6.07. The first-order chi connectivity index (χ1) is 19.7. The fraction of sp³-hybridized carbons (Fsp3) is 0.429. The summed E-state index contributed by atoms with van der Waals surface area (Å²) in [4.78, 5) is 41.3. The number of hydrogen-bond donors (Lipinski definition) is 0. The molecule has 0 aromatic carbocycles. The molecule has 212 valence electrons. The van der Waals surface area contributed by atoms with E-state index in [1.54, 1.807) is 47.7 Å². The number of piperazine rings is 2. The normalized spacial score (nSPS) is 15.6. The van der Waals surface area contributed by atoms with Gasteiger partial charge in [-0.3, -0.25) is 9.59 Å². The van der Waals surface area contributed by atoms with Gasteiger partial charge in [-0.1, -0.05) is 0 Å². The first-order valence-electron chi connectivity index (χ1n) is 13.5. The number of amides is 2. The Balaban J connectivity index is 0.000000161.